The molecule has 0 saturated carbocycles. The zero-order valence-corrected chi connectivity index (χ0v) is 17.5. The van der Waals surface area contributed by atoms with E-state index in [0.29, 0.717) is 21.2 Å². The molecule has 1 amide bonds. The molecule has 1 aromatic carbocycles. The molecule has 2 aromatic heterocycles. The second-order valence-corrected chi connectivity index (χ2v) is 8.72. The summed E-state index contributed by atoms with van der Waals surface area (Å²) < 4.78 is 14.9. The molecule has 1 aliphatic rings. The molecule has 0 spiro atoms. The molecular weight excluding hydrogens is 413 g/mol. The van der Waals surface area contributed by atoms with Crippen molar-refractivity contribution in [1.29, 1.82) is 0 Å². The number of nitrogens with one attached hydrogen (secondary N) is 1. The lowest BCUT2D eigenvalue weighted by Crippen LogP contribution is -2.29. The number of anilines is 2. The van der Waals surface area contributed by atoms with Crippen LogP contribution in [0.5, 0.6) is 0 Å². The second-order valence-electron chi connectivity index (χ2n) is 6.80. The van der Waals surface area contributed by atoms with E-state index in [1.807, 2.05) is 0 Å². The minimum atomic E-state index is -0.364. The van der Waals surface area contributed by atoms with E-state index in [4.69, 9.17) is 0 Å². The van der Waals surface area contributed by atoms with Crippen LogP contribution in [0.4, 0.5) is 15.2 Å². The van der Waals surface area contributed by atoms with Crippen molar-refractivity contribution in [2.75, 3.05) is 29.1 Å². The highest BCUT2D eigenvalue weighted by Crippen LogP contribution is 2.29. The first-order chi connectivity index (χ1) is 14.0. The number of carbonyl (C=O) groups is 1. The van der Waals surface area contributed by atoms with Gasteiger partial charge >= 0.3 is 0 Å². The number of fused-ring (bicyclic) bond motifs is 1. The smallest absolute Gasteiger partial charge is 0.273 e. The first-order valence-electron chi connectivity index (χ1n) is 9.32. The zero-order valence-electron chi connectivity index (χ0n) is 15.9. The highest BCUT2D eigenvalue weighted by molar-refractivity contribution is 7.99. The lowest BCUT2D eigenvalue weighted by molar-refractivity contribution is -0.113. The number of thioether (sulfide) groups is 1. The van der Waals surface area contributed by atoms with Crippen LogP contribution in [-0.4, -0.2) is 39.3 Å². The molecule has 4 rings (SSSR count). The van der Waals surface area contributed by atoms with Crippen LogP contribution in [-0.2, 0) is 11.8 Å². The molecule has 0 bridgehead atoms. The van der Waals surface area contributed by atoms with Crippen LogP contribution < -0.4 is 15.8 Å². The Bertz CT molecular complexity index is 1090. The molecule has 3 heterocycles. The standard InChI is InChI=1S/C19H20FN5O2S2/c1-24-17(27)15-16(23-19(29-15)25-9-3-2-4-10-25)22-18(24)28-11-14(26)21-13-7-5-12(20)6-8-13/h5-8H,2-4,9-11H2,1H3,(H,21,26). The summed E-state index contributed by atoms with van der Waals surface area (Å²) in [6.45, 7) is 1.90. The van der Waals surface area contributed by atoms with Crippen LogP contribution in [0.15, 0.2) is 34.2 Å². The Morgan fingerprint density at radius 1 is 1.21 bits per heavy atom. The van der Waals surface area contributed by atoms with Gasteiger partial charge in [0.1, 0.15) is 10.5 Å². The summed E-state index contributed by atoms with van der Waals surface area (Å²) >= 11 is 2.55. The van der Waals surface area contributed by atoms with Gasteiger partial charge in [-0.15, -0.1) is 0 Å². The summed E-state index contributed by atoms with van der Waals surface area (Å²) in [6.07, 6.45) is 3.49. The van der Waals surface area contributed by atoms with Crippen LogP contribution in [0.3, 0.4) is 0 Å². The molecule has 3 aromatic rings. The molecule has 152 valence electrons. The average Bonchev–Trinajstić information content (AvgIpc) is 3.16. The number of amides is 1. The molecule has 1 fully saturated rings. The van der Waals surface area contributed by atoms with Gasteiger partial charge in [-0.25, -0.2) is 9.37 Å². The largest absolute Gasteiger partial charge is 0.348 e. The SMILES string of the molecule is Cn1c(SCC(=O)Nc2ccc(F)cc2)nc2nc(N3CCCCC3)sc2c1=O. The molecule has 10 heteroatoms. The molecule has 0 unspecified atom stereocenters. The zero-order chi connectivity index (χ0) is 20.4. The molecule has 0 radical (unpaired) electrons. The van der Waals surface area contributed by atoms with Gasteiger partial charge in [0.2, 0.25) is 5.91 Å². The lowest BCUT2D eigenvalue weighted by atomic mass is 10.1. The minimum absolute atomic E-state index is 0.0757. The second kappa shape index (κ2) is 8.50. The van der Waals surface area contributed by atoms with Gasteiger partial charge < -0.3 is 10.2 Å². The van der Waals surface area contributed by atoms with Crippen molar-refractivity contribution in [2.45, 2.75) is 24.4 Å². The van der Waals surface area contributed by atoms with Crippen molar-refractivity contribution in [1.82, 2.24) is 14.5 Å². The van der Waals surface area contributed by atoms with Gasteiger partial charge in [-0.1, -0.05) is 23.1 Å². The van der Waals surface area contributed by atoms with Gasteiger partial charge in [0.15, 0.2) is 15.9 Å². The number of thiazole rings is 1. The normalized spacial score (nSPS) is 14.3. The van der Waals surface area contributed by atoms with E-state index >= 15 is 0 Å². The third kappa shape index (κ3) is 4.43. The number of halogens is 1. The number of hydrogen-bond acceptors (Lipinski definition) is 7. The van der Waals surface area contributed by atoms with Crippen LogP contribution in [0.1, 0.15) is 19.3 Å². The van der Waals surface area contributed by atoms with E-state index in [1.54, 1.807) is 7.05 Å². The lowest BCUT2D eigenvalue weighted by Gasteiger charge is -2.25. The van der Waals surface area contributed by atoms with Crippen molar-refractivity contribution in [3.05, 3.63) is 40.4 Å². The maximum absolute atomic E-state index is 13.0. The van der Waals surface area contributed by atoms with Gasteiger partial charge in [0.05, 0.1) is 5.75 Å². The predicted octanol–water partition coefficient (Wildman–Crippen LogP) is 3.25. The maximum Gasteiger partial charge on any atom is 0.273 e. The Balaban J connectivity index is 1.49. The molecule has 1 aliphatic heterocycles. The summed E-state index contributed by atoms with van der Waals surface area (Å²) in [6, 6.07) is 5.55. The van der Waals surface area contributed by atoms with Crippen LogP contribution in [0.25, 0.3) is 10.3 Å². The number of hydrogen-bond donors (Lipinski definition) is 1. The number of carbonyl (C=O) groups excluding carboxylic acids is 1. The number of piperidine rings is 1. The summed E-state index contributed by atoms with van der Waals surface area (Å²) in [5.41, 5.74) is 0.789. The quantitative estimate of drug-likeness (QED) is 0.492. The number of nitrogens with zero attached hydrogens (tertiary/aromatic N) is 4. The fraction of sp³-hybridized carbons (Fsp3) is 0.368. The van der Waals surface area contributed by atoms with Crippen LogP contribution in [0, 0.1) is 5.82 Å². The van der Waals surface area contributed by atoms with Crippen molar-refractivity contribution in [2.24, 2.45) is 7.05 Å². The highest BCUT2D eigenvalue weighted by atomic mass is 32.2. The summed E-state index contributed by atoms with van der Waals surface area (Å²) in [7, 11) is 1.65. The monoisotopic (exact) mass is 433 g/mol. The van der Waals surface area contributed by atoms with Crippen molar-refractivity contribution >= 4 is 50.2 Å². The Kier molecular flexibility index (Phi) is 5.81. The van der Waals surface area contributed by atoms with Gasteiger partial charge in [-0.05, 0) is 43.5 Å². The summed E-state index contributed by atoms with van der Waals surface area (Å²) in [4.78, 5) is 36.2. The molecule has 1 saturated heterocycles. The van der Waals surface area contributed by atoms with Crippen molar-refractivity contribution in [3.63, 3.8) is 0 Å². The average molecular weight is 434 g/mol. The molecule has 1 N–H and O–H groups in total. The highest BCUT2D eigenvalue weighted by Gasteiger charge is 2.19. The van der Waals surface area contributed by atoms with Gasteiger partial charge in [-0.2, -0.15) is 4.98 Å². The third-order valence-corrected chi connectivity index (χ3v) is 6.80. The summed E-state index contributed by atoms with van der Waals surface area (Å²) in [5, 5.41) is 3.97. The molecule has 0 aliphatic carbocycles. The fourth-order valence-electron chi connectivity index (χ4n) is 3.13. The van der Waals surface area contributed by atoms with Crippen molar-refractivity contribution < 1.29 is 9.18 Å². The Hall–Kier alpha value is -2.46. The van der Waals surface area contributed by atoms with E-state index in [1.165, 1.54) is 58.4 Å². The van der Waals surface area contributed by atoms with E-state index in [2.05, 4.69) is 20.2 Å². The number of aromatic nitrogens is 3. The van der Waals surface area contributed by atoms with Gasteiger partial charge in [0, 0.05) is 25.8 Å². The van der Waals surface area contributed by atoms with Crippen molar-refractivity contribution in [3.8, 4) is 0 Å². The maximum atomic E-state index is 13.0. The van der Waals surface area contributed by atoms with Gasteiger partial charge in [-0.3, -0.25) is 14.2 Å². The van der Waals surface area contributed by atoms with E-state index in [0.717, 1.165) is 31.1 Å². The minimum Gasteiger partial charge on any atom is -0.348 e. The Morgan fingerprint density at radius 2 is 1.93 bits per heavy atom. The number of rotatable bonds is 5. The first-order valence-corrected chi connectivity index (χ1v) is 11.1. The topological polar surface area (TPSA) is 80.1 Å². The molecule has 0 atom stereocenters. The van der Waals surface area contributed by atoms with E-state index < -0.39 is 0 Å². The predicted molar refractivity (Wildman–Crippen MR) is 114 cm³/mol. The van der Waals surface area contributed by atoms with Crippen LogP contribution in [0.2, 0.25) is 0 Å². The Labute approximate surface area is 175 Å². The van der Waals surface area contributed by atoms with E-state index in [9.17, 15) is 14.0 Å². The third-order valence-electron chi connectivity index (χ3n) is 4.67. The molecular formula is C19H20FN5O2S2. The van der Waals surface area contributed by atoms with E-state index in [-0.39, 0.29) is 23.0 Å². The number of benzene rings is 1. The molecule has 7 nitrogen and oxygen atoms in total. The fourth-order valence-corrected chi connectivity index (χ4v) is 4.92. The summed E-state index contributed by atoms with van der Waals surface area (Å²) in [5.74, 6) is -0.549. The van der Waals surface area contributed by atoms with Crippen LogP contribution >= 0.6 is 23.1 Å². The molecule has 29 heavy (non-hydrogen) atoms. The first kappa shape index (κ1) is 19.8. The van der Waals surface area contributed by atoms with Gasteiger partial charge in [0.25, 0.3) is 5.56 Å². The Morgan fingerprint density at radius 3 is 2.66 bits per heavy atom.